The van der Waals surface area contributed by atoms with E-state index in [-0.39, 0.29) is 36.5 Å². The van der Waals surface area contributed by atoms with Crippen LogP contribution in [-0.4, -0.2) is 28.6 Å². The normalized spacial score (nSPS) is 17.9. The SMILES string of the molecule is C/C(=N/NC(=O)C1CC1c1ccc(C)cc1)c1ccc(NC(=O)CCC(=O)O)cc1. The van der Waals surface area contributed by atoms with Crippen molar-refractivity contribution >= 4 is 29.2 Å². The summed E-state index contributed by atoms with van der Waals surface area (Å²) >= 11 is 0. The number of amides is 2. The quantitative estimate of drug-likeness (QED) is 0.460. The summed E-state index contributed by atoms with van der Waals surface area (Å²) in [4.78, 5) is 34.6. The van der Waals surface area contributed by atoms with Gasteiger partial charge in [0.1, 0.15) is 0 Å². The Kier molecular flexibility index (Phi) is 6.61. The minimum atomic E-state index is -1.01. The molecule has 0 aromatic heterocycles. The van der Waals surface area contributed by atoms with E-state index in [9.17, 15) is 14.4 Å². The van der Waals surface area contributed by atoms with Crippen molar-refractivity contribution in [3.8, 4) is 0 Å². The molecule has 2 amide bonds. The highest BCUT2D eigenvalue weighted by Crippen LogP contribution is 2.47. The first-order chi connectivity index (χ1) is 14.3. The van der Waals surface area contributed by atoms with Crippen LogP contribution in [0.3, 0.4) is 0 Å². The Morgan fingerprint density at radius 3 is 2.33 bits per heavy atom. The number of carboxylic acid groups (broad SMARTS) is 1. The van der Waals surface area contributed by atoms with E-state index in [2.05, 4.69) is 40.1 Å². The summed E-state index contributed by atoms with van der Waals surface area (Å²) in [6.07, 6.45) is 0.551. The monoisotopic (exact) mass is 407 g/mol. The minimum Gasteiger partial charge on any atom is -0.481 e. The van der Waals surface area contributed by atoms with E-state index in [1.807, 2.05) is 6.92 Å². The predicted octanol–water partition coefficient (Wildman–Crippen LogP) is 3.44. The number of aryl methyl sites for hydroxylation is 1. The number of hydrazone groups is 1. The van der Waals surface area contributed by atoms with Gasteiger partial charge in [0.25, 0.3) is 0 Å². The van der Waals surface area contributed by atoms with Crippen LogP contribution >= 0.6 is 0 Å². The van der Waals surface area contributed by atoms with Crippen molar-refractivity contribution in [2.75, 3.05) is 5.32 Å². The van der Waals surface area contributed by atoms with Crippen molar-refractivity contribution in [1.29, 1.82) is 0 Å². The third kappa shape index (κ3) is 5.76. The number of carbonyl (C=O) groups is 3. The molecule has 2 unspecified atom stereocenters. The Morgan fingerprint density at radius 2 is 1.70 bits per heavy atom. The molecule has 0 aliphatic heterocycles. The summed E-state index contributed by atoms with van der Waals surface area (Å²) in [7, 11) is 0. The molecule has 0 heterocycles. The zero-order chi connectivity index (χ0) is 21.7. The van der Waals surface area contributed by atoms with Gasteiger partial charge in [-0.15, -0.1) is 0 Å². The molecule has 7 nitrogen and oxygen atoms in total. The van der Waals surface area contributed by atoms with Gasteiger partial charge in [-0.25, -0.2) is 5.43 Å². The molecule has 3 N–H and O–H groups in total. The second-order valence-electron chi connectivity index (χ2n) is 7.55. The van der Waals surface area contributed by atoms with E-state index >= 15 is 0 Å². The molecule has 1 fully saturated rings. The Labute approximate surface area is 175 Å². The van der Waals surface area contributed by atoms with Gasteiger partial charge in [0.15, 0.2) is 0 Å². The maximum atomic E-state index is 12.4. The maximum Gasteiger partial charge on any atom is 0.303 e. The van der Waals surface area contributed by atoms with Crippen molar-refractivity contribution in [2.45, 2.75) is 39.0 Å². The van der Waals surface area contributed by atoms with E-state index in [4.69, 9.17) is 5.11 Å². The molecule has 1 aliphatic rings. The average molecular weight is 407 g/mol. The van der Waals surface area contributed by atoms with Crippen LogP contribution < -0.4 is 10.7 Å². The first-order valence-electron chi connectivity index (χ1n) is 9.86. The highest BCUT2D eigenvalue weighted by molar-refractivity contribution is 6.00. The Hall–Kier alpha value is -3.48. The van der Waals surface area contributed by atoms with Crippen LogP contribution in [0.5, 0.6) is 0 Å². The van der Waals surface area contributed by atoms with Gasteiger partial charge in [0.2, 0.25) is 11.8 Å². The lowest BCUT2D eigenvalue weighted by molar-refractivity contribution is -0.138. The number of anilines is 1. The van der Waals surface area contributed by atoms with Crippen molar-refractivity contribution in [1.82, 2.24) is 5.43 Å². The summed E-state index contributed by atoms with van der Waals surface area (Å²) < 4.78 is 0. The highest BCUT2D eigenvalue weighted by atomic mass is 16.4. The molecular formula is C23H25N3O4. The van der Waals surface area contributed by atoms with Gasteiger partial charge in [0, 0.05) is 18.0 Å². The molecule has 0 saturated heterocycles. The molecule has 30 heavy (non-hydrogen) atoms. The van der Waals surface area contributed by atoms with Crippen LogP contribution in [0.25, 0.3) is 0 Å². The summed E-state index contributed by atoms with van der Waals surface area (Å²) in [5.41, 5.74) is 7.07. The summed E-state index contributed by atoms with van der Waals surface area (Å²) in [6, 6.07) is 15.3. The number of aliphatic carboxylic acids is 1. The number of hydrogen-bond donors (Lipinski definition) is 3. The molecule has 0 spiro atoms. The molecule has 0 radical (unpaired) electrons. The molecule has 156 valence electrons. The number of carboxylic acids is 1. The van der Waals surface area contributed by atoms with E-state index in [1.165, 1.54) is 11.1 Å². The second kappa shape index (κ2) is 9.35. The number of rotatable bonds is 8. The first kappa shape index (κ1) is 21.2. The molecule has 1 saturated carbocycles. The largest absolute Gasteiger partial charge is 0.481 e. The standard InChI is InChI=1S/C23H25N3O4/c1-14-3-5-17(6-4-14)19-13-20(19)23(30)26-25-15(2)16-7-9-18(10-8-16)24-21(27)11-12-22(28)29/h3-10,19-20H,11-13H2,1-2H3,(H,24,27)(H,26,30)(H,28,29)/b25-15-. The summed E-state index contributed by atoms with van der Waals surface area (Å²) in [6.45, 7) is 3.84. The fourth-order valence-electron chi connectivity index (χ4n) is 3.19. The van der Waals surface area contributed by atoms with Gasteiger partial charge in [-0.3, -0.25) is 14.4 Å². The zero-order valence-corrected chi connectivity index (χ0v) is 17.0. The van der Waals surface area contributed by atoms with Crippen molar-refractivity contribution in [3.63, 3.8) is 0 Å². The molecule has 3 rings (SSSR count). The number of hydrogen-bond acceptors (Lipinski definition) is 4. The molecule has 2 atom stereocenters. The van der Waals surface area contributed by atoms with Gasteiger partial charge >= 0.3 is 5.97 Å². The van der Waals surface area contributed by atoms with Gasteiger partial charge in [-0.2, -0.15) is 5.10 Å². The smallest absolute Gasteiger partial charge is 0.303 e. The van der Waals surface area contributed by atoms with Crippen LogP contribution in [0.1, 0.15) is 48.8 Å². The van der Waals surface area contributed by atoms with E-state index in [0.717, 1.165) is 12.0 Å². The van der Waals surface area contributed by atoms with Crippen LogP contribution in [0.2, 0.25) is 0 Å². The molecule has 2 aromatic carbocycles. The summed E-state index contributed by atoms with van der Waals surface area (Å²) in [5.74, 6) is -1.24. The second-order valence-corrected chi connectivity index (χ2v) is 7.55. The third-order valence-corrected chi connectivity index (χ3v) is 5.12. The molecule has 2 aromatic rings. The Bertz CT molecular complexity index is 965. The number of benzene rings is 2. The van der Waals surface area contributed by atoms with Crippen LogP contribution in [0.4, 0.5) is 5.69 Å². The van der Waals surface area contributed by atoms with Gasteiger partial charge < -0.3 is 10.4 Å². The van der Waals surface area contributed by atoms with Crippen molar-refractivity contribution < 1.29 is 19.5 Å². The van der Waals surface area contributed by atoms with Gasteiger partial charge in [0.05, 0.1) is 12.1 Å². The van der Waals surface area contributed by atoms with Crippen LogP contribution in [0.15, 0.2) is 53.6 Å². The lowest BCUT2D eigenvalue weighted by atomic mass is 10.1. The molecule has 0 bridgehead atoms. The third-order valence-electron chi connectivity index (χ3n) is 5.12. The van der Waals surface area contributed by atoms with Crippen LogP contribution in [-0.2, 0) is 14.4 Å². The zero-order valence-electron chi connectivity index (χ0n) is 17.0. The first-order valence-corrected chi connectivity index (χ1v) is 9.86. The maximum absolute atomic E-state index is 12.4. The fourth-order valence-corrected chi connectivity index (χ4v) is 3.19. The lowest BCUT2D eigenvalue weighted by Gasteiger charge is -2.07. The summed E-state index contributed by atoms with van der Waals surface area (Å²) in [5, 5.41) is 15.5. The van der Waals surface area contributed by atoms with Crippen molar-refractivity contribution in [2.24, 2.45) is 11.0 Å². The van der Waals surface area contributed by atoms with Crippen molar-refractivity contribution in [3.05, 3.63) is 65.2 Å². The Morgan fingerprint density at radius 1 is 1.03 bits per heavy atom. The number of nitrogens with zero attached hydrogens (tertiary/aromatic N) is 1. The predicted molar refractivity (Wildman–Crippen MR) is 114 cm³/mol. The van der Waals surface area contributed by atoms with Gasteiger partial charge in [-0.1, -0.05) is 42.0 Å². The number of nitrogens with one attached hydrogen (secondary N) is 2. The average Bonchev–Trinajstić information content (AvgIpc) is 3.52. The molecular weight excluding hydrogens is 382 g/mol. The van der Waals surface area contributed by atoms with E-state index in [0.29, 0.717) is 11.4 Å². The lowest BCUT2D eigenvalue weighted by Crippen LogP contribution is -2.21. The van der Waals surface area contributed by atoms with E-state index < -0.39 is 5.97 Å². The minimum absolute atomic E-state index is 0.0485. The number of carbonyl (C=O) groups excluding carboxylic acids is 2. The Balaban J connectivity index is 1.50. The fraction of sp³-hybridized carbons (Fsp3) is 0.304. The van der Waals surface area contributed by atoms with Gasteiger partial charge in [-0.05, 0) is 49.4 Å². The topological polar surface area (TPSA) is 108 Å². The molecule has 7 heteroatoms. The highest BCUT2D eigenvalue weighted by Gasteiger charge is 2.43. The van der Waals surface area contributed by atoms with E-state index in [1.54, 1.807) is 31.2 Å². The van der Waals surface area contributed by atoms with Crippen LogP contribution in [0, 0.1) is 12.8 Å². The molecule has 1 aliphatic carbocycles.